The second-order valence-electron chi connectivity index (χ2n) is 7.93. The molecule has 0 amide bonds. The van der Waals surface area contributed by atoms with Crippen molar-refractivity contribution < 1.29 is 13.3 Å². The summed E-state index contributed by atoms with van der Waals surface area (Å²) in [6, 6.07) is 9.33. The topological polar surface area (TPSA) is 96.7 Å². The molecule has 0 radical (unpaired) electrons. The average Bonchev–Trinajstić information content (AvgIpc) is 3.23. The molecule has 8 nitrogen and oxygen atoms in total. The maximum absolute atomic E-state index is 12.9. The second kappa shape index (κ2) is 8.61. The molecule has 1 aliphatic rings. The number of anilines is 1. The van der Waals surface area contributed by atoms with Crippen molar-refractivity contribution in [3.8, 4) is 11.3 Å². The van der Waals surface area contributed by atoms with Crippen LogP contribution in [0.15, 0.2) is 46.7 Å². The normalized spacial score (nSPS) is 15.2. The van der Waals surface area contributed by atoms with Gasteiger partial charge >= 0.3 is 0 Å². The molecule has 0 spiro atoms. The predicted molar refractivity (Wildman–Crippen MR) is 126 cm³/mol. The second-order valence-corrected chi connectivity index (χ2v) is 10.7. The van der Waals surface area contributed by atoms with Gasteiger partial charge in [0, 0.05) is 49.3 Å². The zero-order valence-corrected chi connectivity index (χ0v) is 19.7. The summed E-state index contributed by atoms with van der Waals surface area (Å²) in [6.07, 6.45) is 0. The van der Waals surface area contributed by atoms with Crippen LogP contribution in [0.3, 0.4) is 0 Å². The number of benzene rings is 2. The fourth-order valence-electron chi connectivity index (χ4n) is 4.12. The van der Waals surface area contributed by atoms with E-state index in [4.69, 9.17) is 4.98 Å². The van der Waals surface area contributed by atoms with E-state index < -0.39 is 14.9 Å². The number of aryl methyl sites for hydroxylation is 3. The van der Waals surface area contributed by atoms with E-state index in [0.717, 1.165) is 16.4 Å². The number of piperazine rings is 1. The predicted octanol–water partition coefficient (Wildman–Crippen LogP) is 4.15. The Morgan fingerprint density at radius 1 is 1.00 bits per heavy atom. The number of nitro benzene ring substituents is 1. The Hall–Kier alpha value is -2.82. The first-order valence-electron chi connectivity index (χ1n) is 10.2. The molecule has 0 unspecified atom stereocenters. The molecular formula is C22H24N4O4S2. The van der Waals surface area contributed by atoms with Crippen LogP contribution in [0.5, 0.6) is 0 Å². The van der Waals surface area contributed by atoms with E-state index in [1.54, 1.807) is 11.3 Å². The first-order valence-corrected chi connectivity index (χ1v) is 12.5. The number of nitro groups is 1. The maximum Gasteiger partial charge on any atom is 0.269 e. The Balaban J connectivity index is 1.47. The summed E-state index contributed by atoms with van der Waals surface area (Å²) < 4.78 is 27.3. The zero-order valence-electron chi connectivity index (χ0n) is 18.1. The number of thiazole rings is 1. The Kier molecular flexibility index (Phi) is 6.02. The van der Waals surface area contributed by atoms with E-state index in [-0.39, 0.29) is 10.6 Å². The molecule has 1 aliphatic heterocycles. The molecule has 1 fully saturated rings. The number of hydrogen-bond donors (Lipinski definition) is 0. The van der Waals surface area contributed by atoms with Gasteiger partial charge in [0.2, 0.25) is 10.0 Å². The van der Waals surface area contributed by atoms with Crippen LogP contribution in [0.1, 0.15) is 16.7 Å². The summed E-state index contributed by atoms with van der Waals surface area (Å²) in [5.74, 6) is 0. The molecule has 2 aromatic carbocycles. The zero-order chi connectivity index (χ0) is 23.0. The smallest absolute Gasteiger partial charge is 0.269 e. The molecule has 10 heteroatoms. The van der Waals surface area contributed by atoms with Crippen LogP contribution < -0.4 is 4.90 Å². The van der Waals surface area contributed by atoms with E-state index >= 15 is 0 Å². The van der Waals surface area contributed by atoms with Crippen molar-refractivity contribution in [2.75, 3.05) is 31.1 Å². The minimum atomic E-state index is -3.70. The van der Waals surface area contributed by atoms with Gasteiger partial charge < -0.3 is 4.90 Å². The minimum absolute atomic E-state index is 0.0680. The maximum atomic E-state index is 12.9. The Labute approximate surface area is 191 Å². The molecule has 1 aromatic heterocycles. The molecule has 0 atom stereocenters. The van der Waals surface area contributed by atoms with Crippen molar-refractivity contribution in [3.05, 3.63) is 68.6 Å². The van der Waals surface area contributed by atoms with Crippen LogP contribution in [0.25, 0.3) is 11.3 Å². The molecule has 0 N–H and O–H groups in total. The lowest BCUT2D eigenvalue weighted by Gasteiger charge is -2.33. The van der Waals surface area contributed by atoms with Gasteiger partial charge in [0.25, 0.3) is 5.69 Å². The van der Waals surface area contributed by atoms with Crippen LogP contribution in [0.2, 0.25) is 0 Å². The highest BCUT2D eigenvalue weighted by atomic mass is 32.2. The number of nitrogens with zero attached hydrogens (tertiary/aromatic N) is 4. The lowest BCUT2D eigenvalue weighted by molar-refractivity contribution is -0.384. The molecule has 2 heterocycles. The summed E-state index contributed by atoms with van der Waals surface area (Å²) in [4.78, 5) is 17.3. The Bertz CT molecular complexity index is 1240. The summed E-state index contributed by atoms with van der Waals surface area (Å²) in [6.45, 7) is 8.00. The van der Waals surface area contributed by atoms with Gasteiger partial charge in [-0.2, -0.15) is 4.31 Å². The number of sulfonamides is 1. The highest BCUT2D eigenvalue weighted by molar-refractivity contribution is 7.89. The van der Waals surface area contributed by atoms with Gasteiger partial charge in [-0.15, -0.1) is 11.3 Å². The number of aromatic nitrogens is 1. The molecule has 32 heavy (non-hydrogen) atoms. The van der Waals surface area contributed by atoms with Gasteiger partial charge in [0.1, 0.15) is 0 Å². The third-order valence-electron chi connectivity index (χ3n) is 5.62. The van der Waals surface area contributed by atoms with Crippen molar-refractivity contribution >= 4 is 32.2 Å². The summed E-state index contributed by atoms with van der Waals surface area (Å²) in [7, 11) is -3.70. The van der Waals surface area contributed by atoms with E-state index in [1.165, 1.54) is 45.3 Å². The van der Waals surface area contributed by atoms with E-state index in [0.29, 0.717) is 26.2 Å². The lowest BCUT2D eigenvalue weighted by atomic mass is 9.98. The highest BCUT2D eigenvalue weighted by Gasteiger charge is 2.30. The van der Waals surface area contributed by atoms with Gasteiger partial charge in [0.05, 0.1) is 15.5 Å². The van der Waals surface area contributed by atoms with Gasteiger partial charge in [-0.3, -0.25) is 10.1 Å². The molecule has 168 valence electrons. The molecule has 3 aromatic rings. The monoisotopic (exact) mass is 472 g/mol. The standard InChI is InChI=1S/C22H24N4O4S2/c1-15-12-16(2)21(17(3)13-15)20-14-31-22(23-20)24-8-10-25(11-9-24)32(29,30)19-6-4-18(5-7-19)26(27)28/h4-7,12-14H,8-11H2,1-3H3. The van der Waals surface area contributed by atoms with Crippen molar-refractivity contribution in [1.29, 1.82) is 0 Å². The molecule has 0 aliphatic carbocycles. The summed E-state index contributed by atoms with van der Waals surface area (Å²) in [5, 5.41) is 13.8. The fraction of sp³-hybridized carbons (Fsp3) is 0.318. The van der Waals surface area contributed by atoms with Crippen molar-refractivity contribution in [1.82, 2.24) is 9.29 Å². The number of non-ortho nitro benzene ring substituents is 1. The summed E-state index contributed by atoms with van der Waals surface area (Å²) in [5.41, 5.74) is 5.58. The molecule has 1 saturated heterocycles. The van der Waals surface area contributed by atoms with Gasteiger partial charge in [-0.1, -0.05) is 17.7 Å². The van der Waals surface area contributed by atoms with Crippen molar-refractivity contribution in [3.63, 3.8) is 0 Å². The largest absolute Gasteiger partial charge is 0.345 e. The van der Waals surface area contributed by atoms with Gasteiger partial charge in [-0.05, 0) is 44.0 Å². The first-order chi connectivity index (χ1) is 15.2. The van der Waals surface area contributed by atoms with Crippen LogP contribution in [0, 0.1) is 30.9 Å². The minimum Gasteiger partial charge on any atom is -0.345 e. The van der Waals surface area contributed by atoms with Crippen LogP contribution in [-0.2, 0) is 10.0 Å². The van der Waals surface area contributed by atoms with E-state index in [2.05, 4.69) is 43.2 Å². The van der Waals surface area contributed by atoms with Crippen molar-refractivity contribution in [2.45, 2.75) is 25.7 Å². The number of rotatable bonds is 5. The summed E-state index contributed by atoms with van der Waals surface area (Å²) >= 11 is 1.56. The third-order valence-corrected chi connectivity index (χ3v) is 8.43. The first kappa shape index (κ1) is 22.4. The molecular weight excluding hydrogens is 448 g/mol. The number of hydrogen-bond acceptors (Lipinski definition) is 7. The van der Waals surface area contributed by atoms with Gasteiger partial charge in [-0.25, -0.2) is 13.4 Å². The Morgan fingerprint density at radius 2 is 1.59 bits per heavy atom. The third kappa shape index (κ3) is 4.25. The fourth-order valence-corrected chi connectivity index (χ4v) is 6.41. The van der Waals surface area contributed by atoms with Crippen LogP contribution in [-0.4, -0.2) is 48.8 Å². The van der Waals surface area contributed by atoms with Crippen molar-refractivity contribution in [2.24, 2.45) is 0 Å². The molecule has 0 bridgehead atoms. The van der Waals surface area contributed by atoms with E-state index in [1.807, 2.05) is 0 Å². The van der Waals surface area contributed by atoms with Gasteiger partial charge in [0.15, 0.2) is 5.13 Å². The molecule has 4 rings (SSSR count). The van der Waals surface area contributed by atoms with Crippen LogP contribution in [0.4, 0.5) is 10.8 Å². The Morgan fingerprint density at radius 3 is 2.16 bits per heavy atom. The lowest BCUT2D eigenvalue weighted by Crippen LogP contribution is -2.48. The highest BCUT2D eigenvalue weighted by Crippen LogP contribution is 2.33. The molecule has 0 saturated carbocycles. The van der Waals surface area contributed by atoms with E-state index in [9.17, 15) is 18.5 Å². The van der Waals surface area contributed by atoms with Crippen LogP contribution >= 0.6 is 11.3 Å². The quantitative estimate of drug-likeness (QED) is 0.409. The average molecular weight is 473 g/mol. The SMILES string of the molecule is Cc1cc(C)c(-c2csc(N3CCN(S(=O)(=O)c4ccc([N+](=O)[O-])cc4)CC3)n2)c(C)c1.